The second-order valence-electron chi connectivity index (χ2n) is 5.79. The number of hydrogen-bond donors (Lipinski definition) is 0. The van der Waals surface area contributed by atoms with Crippen molar-refractivity contribution in [1.82, 2.24) is 0 Å². The maximum absolute atomic E-state index is 13.0. The van der Waals surface area contributed by atoms with Gasteiger partial charge < -0.3 is 4.74 Å². The lowest BCUT2D eigenvalue weighted by Crippen LogP contribution is -2.49. The number of ether oxygens (including phenoxy) is 1. The van der Waals surface area contributed by atoms with E-state index in [0.717, 1.165) is 33.3 Å². The minimum Gasteiger partial charge on any atom is -0.497 e. The molecule has 0 atom stereocenters. The standard InChI is InChI=1S/C16H15F3OSi/c1-20-11-5-7-14-13(9-11)12-6-4-10(16(17,18)19)8-15(12)21(14,2)3/h4-9H,1-3H3. The van der Waals surface area contributed by atoms with Gasteiger partial charge in [0.25, 0.3) is 0 Å². The fourth-order valence-corrected chi connectivity index (χ4v) is 6.11. The van der Waals surface area contributed by atoms with Crippen LogP contribution in [-0.4, -0.2) is 15.2 Å². The normalized spacial score (nSPS) is 15.5. The second-order valence-corrected chi connectivity index (χ2v) is 10.1. The molecule has 0 unspecified atom stereocenters. The van der Waals surface area contributed by atoms with Gasteiger partial charge in [-0.15, -0.1) is 0 Å². The molecule has 1 aliphatic heterocycles. The van der Waals surface area contributed by atoms with E-state index in [4.69, 9.17) is 4.74 Å². The van der Waals surface area contributed by atoms with Crippen LogP contribution in [0.4, 0.5) is 13.2 Å². The van der Waals surface area contributed by atoms with Crippen molar-refractivity contribution in [3.8, 4) is 16.9 Å². The molecule has 0 spiro atoms. The van der Waals surface area contributed by atoms with Crippen molar-refractivity contribution in [2.75, 3.05) is 7.11 Å². The number of fused-ring (bicyclic) bond motifs is 3. The molecule has 0 amide bonds. The molecule has 0 radical (unpaired) electrons. The van der Waals surface area contributed by atoms with Gasteiger partial charge in [-0.05, 0) is 45.8 Å². The van der Waals surface area contributed by atoms with Crippen molar-refractivity contribution in [2.24, 2.45) is 0 Å². The molecule has 0 aromatic heterocycles. The average Bonchev–Trinajstić information content (AvgIpc) is 2.66. The molecule has 1 heterocycles. The number of methoxy groups -OCH3 is 1. The number of halogens is 3. The van der Waals surface area contributed by atoms with Gasteiger partial charge in [-0.25, -0.2) is 0 Å². The highest BCUT2D eigenvalue weighted by Crippen LogP contribution is 2.35. The average molecular weight is 308 g/mol. The van der Waals surface area contributed by atoms with E-state index in [-0.39, 0.29) is 0 Å². The molecule has 0 fully saturated rings. The summed E-state index contributed by atoms with van der Waals surface area (Å²) < 4.78 is 44.1. The van der Waals surface area contributed by atoms with Crippen molar-refractivity contribution in [3.05, 3.63) is 42.0 Å². The Bertz CT molecular complexity index is 720. The molecule has 21 heavy (non-hydrogen) atoms. The summed E-state index contributed by atoms with van der Waals surface area (Å²) in [6, 6.07) is 9.88. The van der Waals surface area contributed by atoms with Gasteiger partial charge in [-0.2, -0.15) is 13.2 Å². The van der Waals surface area contributed by atoms with Crippen molar-refractivity contribution >= 4 is 18.4 Å². The third kappa shape index (κ3) is 2.07. The van der Waals surface area contributed by atoms with Crippen molar-refractivity contribution in [3.63, 3.8) is 0 Å². The van der Waals surface area contributed by atoms with Gasteiger partial charge in [-0.1, -0.05) is 25.2 Å². The Kier molecular flexibility index (Phi) is 2.95. The Hall–Kier alpha value is -1.75. The first-order chi connectivity index (χ1) is 9.75. The molecule has 110 valence electrons. The van der Waals surface area contributed by atoms with Crippen LogP contribution < -0.4 is 15.1 Å². The molecule has 0 aliphatic carbocycles. The zero-order chi connectivity index (χ0) is 15.4. The van der Waals surface area contributed by atoms with Crippen LogP contribution in [0.2, 0.25) is 13.1 Å². The molecule has 1 nitrogen and oxygen atoms in total. The van der Waals surface area contributed by atoms with Crippen LogP contribution in [0.25, 0.3) is 11.1 Å². The smallest absolute Gasteiger partial charge is 0.416 e. The Morgan fingerprint density at radius 3 is 2.24 bits per heavy atom. The van der Waals surface area contributed by atoms with Crippen LogP contribution in [0.15, 0.2) is 36.4 Å². The first-order valence-corrected chi connectivity index (χ1v) is 9.66. The highest BCUT2D eigenvalue weighted by Gasteiger charge is 2.40. The van der Waals surface area contributed by atoms with Crippen molar-refractivity contribution in [2.45, 2.75) is 19.3 Å². The minimum atomic E-state index is -4.30. The summed E-state index contributed by atoms with van der Waals surface area (Å²) in [6.45, 7) is 4.18. The molecule has 0 saturated heterocycles. The monoisotopic (exact) mass is 308 g/mol. The quantitative estimate of drug-likeness (QED) is 0.733. The fraction of sp³-hybridized carbons (Fsp3) is 0.250. The molecule has 0 bridgehead atoms. The van der Waals surface area contributed by atoms with E-state index in [1.54, 1.807) is 13.2 Å². The van der Waals surface area contributed by atoms with Gasteiger partial charge in [0.2, 0.25) is 0 Å². The van der Waals surface area contributed by atoms with Crippen LogP contribution >= 0.6 is 0 Å². The molecular formula is C16H15F3OSi. The Labute approximate surface area is 122 Å². The SMILES string of the molecule is COc1ccc2c(c1)-c1ccc(C(F)(F)F)cc1[Si]2(C)C. The van der Waals surface area contributed by atoms with E-state index in [0.29, 0.717) is 0 Å². The maximum Gasteiger partial charge on any atom is 0.416 e. The van der Waals surface area contributed by atoms with E-state index in [9.17, 15) is 13.2 Å². The highest BCUT2D eigenvalue weighted by atomic mass is 28.3. The Morgan fingerprint density at radius 1 is 0.905 bits per heavy atom. The highest BCUT2D eigenvalue weighted by molar-refractivity contribution is 7.03. The van der Waals surface area contributed by atoms with Crippen molar-refractivity contribution in [1.29, 1.82) is 0 Å². The summed E-state index contributed by atoms with van der Waals surface area (Å²) in [4.78, 5) is 0. The number of benzene rings is 2. The molecule has 2 aromatic carbocycles. The van der Waals surface area contributed by atoms with Gasteiger partial charge in [0.05, 0.1) is 12.7 Å². The zero-order valence-corrected chi connectivity index (χ0v) is 13.0. The van der Waals surface area contributed by atoms with E-state index in [1.807, 2.05) is 18.2 Å². The lowest BCUT2D eigenvalue weighted by Gasteiger charge is -2.19. The Morgan fingerprint density at radius 2 is 1.62 bits per heavy atom. The summed E-state index contributed by atoms with van der Waals surface area (Å²) in [7, 11) is -0.493. The van der Waals surface area contributed by atoms with Crippen LogP contribution in [0, 0.1) is 0 Å². The van der Waals surface area contributed by atoms with E-state index >= 15 is 0 Å². The summed E-state index contributed by atoms with van der Waals surface area (Å²) >= 11 is 0. The predicted octanol–water partition coefficient (Wildman–Crippen LogP) is 3.52. The summed E-state index contributed by atoms with van der Waals surface area (Å²) in [5.41, 5.74) is 1.35. The largest absolute Gasteiger partial charge is 0.497 e. The number of alkyl halides is 3. The van der Waals surface area contributed by atoms with E-state index in [1.165, 1.54) is 6.07 Å². The summed E-state index contributed by atoms with van der Waals surface area (Å²) in [5, 5.41) is 2.01. The topological polar surface area (TPSA) is 9.23 Å². The first kappa shape index (κ1) is 14.2. The first-order valence-electron chi connectivity index (χ1n) is 6.66. The van der Waals surface area contributed by atoms with Gasteiger partial charge >= 0.3 is 6.18 Å². The Balaban J connectivity index is 2.25. The van der Waals surface area contributed by atoms with Gasteiger partial charge in [0, 0.05) is 0 Å². The molecule has 0 saturated carbocycles. The van der Waals surface area contributed by atoms with Crippen LogP contribution in [0.3, 0.4) is 0 Å². The number of rotatable bonds is 1. The van der Waals surface area contributed by atoms with Crippen LogP contribution in [-0.2, 0) is 6.18 Å². The minimum absolute atomic E-state index is 0.568. The maximum atomic E-state index is 13.0. The third-order valence-electron chi connectivity index (χ3n) is 4.21. The summed E-state index contributed by atoms with van der Waals surface area (Å²) in [5.74, 6) is 0.728. The molecule has 1 aliphatic rings. The second kappa shape index (κ2) is 4.37. The predicted molar refractivity (Wildman–Crippen MR) is 80.2 cm³/mol. The molecular weight excluding hydrogens is 293 g/mol. The molecule has 2 aromatic rings. The number of hydrogen-bond acceptors (Lipinski definition) is 1. The van der Waals surface area contributed by atoms with Crippen LogP contribution in [0.5, 0.6) is 5.75 Å². The van der Waals surface area contributed by atoms with Crippen LogP contribution in [0.1, 0.15) is 5.56 Å². The van der Waals surface area contributed by atoms with Crippen molar-refractivity contribution < 1.29 is 17.9 Å². The fourth-order valence-electron chi connectivity index (χ4n) is 3.04. The summed E-state index contributed by atoms with van der Waals surface area (Å²) in [6.07, 6.45) is -4.30. The molecule has 3 rings (SSSR count). The lowest BCUT2D eigenvalue weighted by molar-refractivity contribution is -0.137. The third-order valence-corrected chi connectivity index (χ3v) is 7.75. The lowest BCUT2D eigenvalue weighted by atomic mass is 10.0. The van der Waals surface area contributed by atoms with Gasteiger partial charge in [0.1, 0.15) is 13.8 Å². The zero-order valence-electron chi connectivity index (χ0n) is 12.0. The molecule has 5 heteroatoms. The van der Waals surface area contributed by atoms with E-state index < -0.39 is 19.8 Å². The van der Waals surface area contributed by atoms with Gasteiger partial charge in [-0.3, -0.25) is 0 Å². The van der Waals surface area contributed by atoms with Gasteiger partial charge in [0.15, 0.2) is 0 Å². The molecule has 0 N–H and O–H groups in total. The van der Waals surface area contributed by atoms with E-state index in [2.05, 4.69) is 13.1 Å².